The van der Waals surface area contributed by atoms with E-state index >= 15 is 0 Å². The van der Waals surface area contributed by atoms with Crippen molar-refractivity contribution in [1.82, 2.24) is 5.32 Å². The van der Waals surface area contributed by atoms with Gasteiger partial charge < -0.3 is 5.32 Å². The molecule has 2 aromatic carbocycles. The van der Waals surface area contributed by atoms with Gasteiger partial charge >= 0.3 is 5.69 Å². The highest BCUT2D eigenvalue weighted by molar-refractivity contribution is 8.00. The van der Waals surface area contributed by atoms with Gasteiger partial charge in [0.2, 0.25) is 0 Å². The average Bonchev–Trinajstić information content (AvgIpc) is 3.13. The first-order chi connectivity index (χ1) is 13.5. The summed E-state index contributed by atoms with van der Waals surface area (Å²) >= 11 is 1.57. The first-order valence-electron chi connectivity index (χ1n) is 8.14. The molecule has 1 atom stereocenters. The van der Waals surface area contributed by atoms with Gasteiger partial charge in [0.25, 0.3) is 11.6 Å². The van der Waals surface area contributed by atoms with E-state index in [0.29, 0.717) is 22.8 Å². The molecule has 1 aliphatic heterocycles. The molecule has 3 rings (SSSR count). The zero-order valence-electron chi connectivity index (χ0n) is 14.4. The topological polar surface area (TPSA) is 140 Å². The molecule has 1 fully saturated rings. The van der Waals surface area contributed by atoms with Crippen LogP contribution in [-0.4, -0.2) is 39.0 Å². The summed E-state index contributed by atoms with van der Waals surface area (Å²) in [4.78, 5) is 32.9. The maximum atomic E-state index is 12.3. The molecule has 2 aromatic rings. The second-order valence-electron chi connectivity index (χ2n) is 5.84. The molecule has 1 heterocycles. The number of benzene rings is 2. The fourth-order valence-electron chi connectivity index (χ4n) is 2.56. The molecule has 1 saturated heterocycles. The summed E-state index contributed by atoms with van der Waals surface area (Å²) in [5, 5.41) is 29.1. The number of hydrogen-bond donors (Lipinski definition) is 2. The molecule has 0 unspecified atom stereocenters. The molecule has 11 heteroatoms. The lowest BCUT2D eigenvalue weighted by atomic mass is 10.1. The lowest BCUT2D eigenvalue weighted by Gasteiger charge is -2.13. The zero-order valence-corrected chi connectivity index (χ0v) is 15.2. The Labute approximate surface area is 163 Å². The molecule has 0 saturated carbocycles. The number of carbonyl (C=O) groups is 1. The molecule has 2 N–H and O–H groups in total. The normalized spacial score (nSPS) is 17.3. The summed E-state index contributed by atoms with van der Waals surface area (Å²) in [6, 6.07) is 11.7. The van der Waals surface area contributed by atoms with Gasteiger partial charge in [-0.05, 0) is 18.2 Å². The Morgan fingerprint density at radius 3 is 2.54 bits per heavy atom. The minimum absolute atomic E-state index is 0.0353. The first kappa shape index (κ1) is 19.3. The molecule has 28 heavy (non-hydrogen) atoms. The number of nitrogens with zero attached hydrogens (tertiary/aromatic N) is 3. The molecular formula is C17H15N5O5S. The third-order valence-corrected chi connectivity index (χ3v) is 5.06. The van der Waals surface area contributed by atoms with Gasteiger partial charge in [0.1, 0.15) is 5.69 Å². The molecular weight excluding hydrogens is 386 g/mol. The van der Waals surface area contributed by atoms with Gasteiger partial charge in [0, 0.05) is 23.1 Å². The minimum Gasteiger partial charge on any atom is -0.343 e. The summed E-state index contributed by atoms with van der Waals surface area (Å²) in [6.07, 6.45) is 0. The highest BCUT2D eigenvalue weighted by Gasteiger charge is 2.26. The van der Waals surface area contributed by atoms with Gasteiger partial charge in [-0.1, -0.05) is 18.2 Å². The number of anilines is 1. The van der Waals surface area contributed by atoms with Crippen LogP contribution < -0.4 is 10.7 Å². The van der Waals surface area contributed by atoms with Crippen molar-refractivity contribution in [1.29, 1.82) is 0 Å². The zero-order chi connectivity index (χ0) is 20.1. The van der Waals surface area contributed by atoms with E-state index in [9.17, 15) is 25.0 Å². The van der Waals surface area contributed by atoms with Crippen LogP contribution >= 0.6 is 11.8 Å². The summed E-state index contributed by atoms with van der Waals surface area (Å²) in [5.74, 6) is 0.941. The maximum absolute atomic E-state index is 12.3. The summed E-state index contributed by atoms with van der Waals surface area (Å²) in [7, 11) is 0. The Hall–Kier alpha value is -3.47. The van der Waals surface area contributed by atoms with Gasteiger partial charge in [-0.2, -0.15) is 16.9 Å². The van der Waals surface area contributed by atoms with Crippen molar-refractivity contribution >= 4 is 40.4 Å². The number of hydrazone groups is 1. The number of carbonyl (C=O) groups excluding carboxylic acids is 1. The highest BCUT2D eigenvalue weighted by atomic mass is 32.2. The van der Waals surface area contributed by atoms with E-state index in [1.807, 2.05) is 6.07 Å². The van der Waals surface area contributed by atoms with E-state index in [4.69, 9.17) is 0 Å². The Kier molecular flexibility index (Phi) is 5.84. The van der Waals surface area contributed by atoms with Crippen molar-refractivity contribution in [2.75, 3.05) is 16.9 Å². The molecule has 10 nitrogen and oxygen atoms in total. The smallest absolute Gasteiger partial charge is 0.301 e. The number of nitrogens with one attached hydrogen (secondary N) is 2. The van der Waals surface area contributed by atoms with Crippen molar-refractivity contribution in [3.8, 4) is 0 Å². The Morgan fingerprint density at radius 2 is 1.86 bits per heavy atom. The molecule has 1 amide bonds. The summed E-state index contributed by atoms with van der Waals surface area (Å²) in [5.41, 5.74) is 2.96. The number of nitro benzene ring substituents is 2. The van der Waals surface area contributed by atoms with E-state index in [2.05, 4.69) is 15.8 Å². The monoisotopic (exact) mass is 401 g/mol. The predicted molar refractivity (Wildman–Crippen MR) is 106 cm³/mol. The third-order valence-electron chi connectivity index (χ3n) is 3.99. The average molecular weight is 401 g/mol. The number of amides is 1. The van der Waals surface area contributed by atoms with Crippen LogP contribution in [0, 0.1) is 20.2 Å². The van der Waals surface area contributed by atoms with Crippen LogP contribution in [0.5, 0.6) is 0 Å². The Balaban J connectivity index is 1.75. The third kappa shape index (κ3) is 4.43. The standard InChI is InChI=1S/C17H15N5O5S/c23-17(11-4-2-1-3-5-11)18-14-9-28-10-15(14)20-19-13-7-6-12(21(24)25)8-16(13)22(26)27/h1-8,14,19H,9-10H2,(H,18,23)/t14-/m1/s1. The first-order valence-corrected chi connectivity index (χ1v) is 9.30. The van der Waals surface area contributed by atoms with Gasteiger partial charge in [-0.3, -0.25) is 30.4 Å². The minimum atomic E-state index is -0.715. The molecule has 1 aliphatic rings. The second-order valence-corrected chi connectivity index (χ2v) is 6.87. The van der Waals surface area contributed by atoms with Crippen molar-refractivity contribution in [3.05, 3.63) is 74.3 Å². The van der Waals surface area contributed by atoms with Crippen LogP contribution in [0.25, 0.3) is 0 Å². The van der Waals surface area contributed by atoms with Crippen molar-refractivity contribution in [2.24, 2.45) is 5.10 Å². The molecule has 0 radical (unpaired) electrons. The molecule has 0 aromatic heterocycles. The number of hydrogen-bond acceptors (Lipinski definition) is 8. The van der Waals surface area contributed by atoms with Gasteiger partial charge in [-0.25, -0.2) is 0 Å². The Morgan fingerprint density at radius 1 is 1.11 bits per heavy atom. The van der Waals surface area contributed by atoms with Crippen LogP contribution in [0.3, 0.4) is 0 Å². The van der Waals surface area contributed by atoms with Crippen LogP contribution in [0.15, 0.2) is 53.6 Å². The van der Waals surface area contributed by atoms with Gasteiger partial charge in [0.15, 0.2) is 0 Å². The van der Waals surface area contributed by atoms with Crippen LogP contribution in [0.4, 0.5) is 17.1 Å². The van der Waals surface area contributed by atoms with Crippen molar-refractivity contribution in [3.63, 3.8) is 0 Å². The fourth-order valence-corrected chi connectivity index (χ4v) is 3.66. The fraction of sp³-hybridized carbons (Fsp3) is 0.176. The number of nitro groups is 2. The van der Waals surface area contributed by atoms with Crippen LogP contribution in [0.1, 0.15) is 10.4 Å². The molecule has 0 aliphatic carbocycles. The number of thioether (sulfide) groups is 1. The van der Waals surface area contributed by atoms with E-state index in [1.54, 1.807) is 36.0 Å². The van der Waals surface area contributed by atoms with Gasteiger partial charge in [-0.15, -0.1) is 0 Å². The predicted octanol–water partition coefficient (Wildman–Crippen LogP) is 2.82. The van der Waals surface area contributed by atoms with Crippen molar-refractivity contribution < 1.29 is 14.6 Å². The van der Waals surface area contributed by atoms with E-state index in [-0.39, 0.29) is 23.3 Å². The lowest BCUT2D eigenvalue weighted by Crippen LogP contribution is -2.40. The highest BCUT2D eigenvalue weighted by Crippen LogP contribution is 2.29. The van der Waals surface area contributed by atoms with E-state index in [0.717, 1.165) is 12.1 Å². The summed E-state index contributed by atoms with van der Waals surface area (Å²) in [6.45, 7) is 0. The molecule has 0 bridgehead atoms. The molecule has 0 spiro atoms. The van der Waals surface area contributed by atoms with Crippen LogP contribution in [0.2, 0.25) is 0 Å². The molecule has 144 valence electrons. The lowest BCUT2D eigenvalue weighted by molar-refractivity contribution is -0.393. The van der Waals surface area contributed by atoms with Gasteiger partial charge in [0.05, 0.1) is 27.7 Å². The number of non-ortho nitro benzene ring substituents is 1. The maximum Gasteiger partial charge on any atom is 0.301 e. The van der Waals surface area contributed by atoms with Crippen LogP contribution in [-0.2, 0) is 0 Å². The van der Waals surface area contributed by atoms with E-state index < -0.39 is 15.5 Å². The number of rotatable bonds is 6. The summed E-state index contributed by atoms with van der Waals surface area (Å²) < 4.78 is 0. The SMILES string of the molecule is O=C(N[C@@H]1CSCC1=NNc1ccc([N+](=O)[O-])cc1[N+](=O)[O-])c1ccccc1. The second kappa shape index (κ2) is 8.48. The quantitative estimate of drug-likeness (QED) is 0.560. The Bertz CT molecular complexity index is 950. The largest absolute Gasteiger partial charge is 0.343 e. The van der Waals surface area contributed by atoms with E-state index in [1.165, 1.54) is 6.07 Å². The van der Waals surface area contributed by atoms with Crippen molar-refractivity contribution in [2.45, 2.75) is 6.04 Å².